The number of aromatic nitrogens is 3. The Morgan fingerprint density at radius 2 is 1.58 bits per heavy atom. The Balaban J connectivity index is 1.89. The molecule has 2 aromatic carbocycles. The van der Waals surface area contributed by atoms with Crippen LogP contribution in [-0.4, -0.2) is 14.5 Å². The first-order valence-electron chi connectivity index (χ1n) is 10.1. The van der Waals surface area contributed by atoms with Crippen LogP contribution in [0.1, 0.15) is 21.7 Å². The monoisotopic (exact) mass is 427 g/mol. The minimum absolute atomic E-state index is 0.187. The third-order valence-corrected chi connectivity index (χ3v) is 6.63. The number of para-hydroxylation sites is 1. The van der Waals surface area contributed by atoms with Gasteiger partial charge in [-0.15, -0.1) is 11.3 Å². The van der Waals surface area contributed by atoms with E-state index in [0.29, 0.717) is 28.0 Å². The van der Waals surface area contributed by atoms with Gasteiger partial charge in [0.25, 0.3) is 5.56 Å². The summed E-state index contributed by atoms with van der Waals surface area (Å²) < 4.78 is 7.70. The molecule has 154 valence electrons. The van der Waals surface area contributed by atoms with Crippen LogP contribution < -0.4 is 10.3 Å². The molecule has 0 saturated heterocycles. The minimum atomic E-state index is -0.187. The van der Waals surface area contributed by atoms with Gasteiger partial charge in [-0.05, 0) is 57.5 Å². The van der Waals surface area contributed by atoms with Gasteiger partial charge in [-0.25, -0.2) is 9.55 Å². The van der Waals surface area contributed by atoms with Crippen molar-refractivity contribution in [2.45, 2.75) is 27.7 Å². The molecule has 3 aromatic heterocycles. The molecule has 0 aliphatic carbocycles. The lowest BCUT2D eigenvalue weighted by Gasteiger charge is -2.15. The molecule has 0 aliphatic rings. The van der Waals surface area contributed by atoms with Crippen molar-refractivity contribution in [1.29, 1.82) is 0 Å². The van der Waals surface area contributed by atoms with Crippen LogP contribution in [0, 0.1) is 27.7 Å². The summed E-state index contributed by atoms with van der Waals surface area (Å²) in [6.07, 6.45) is 0. The lowest BCUT2D eigenvalue weighted by molar-refractivity contribution is 0.427. The normalized spacial score (nSPS) is 11.4. The van der Waals surface area contributed by atoms with Crippen LogP contribution in [-0.2, 0) is 0 Å². The number of aryl methyl sites for hydroxylation is 4. The van der Waals surface area contributed by atoms with E-state index < -0.39 is 0 Å². The fourth-order valence-corrected chi connectivity index (χ4v) is 4.85. The average Bonchev–Trinajstić information content (AvgIpc) is 3.03. The predicted molar refractivity (Wildman–Crippen MR) is 126 cm³/mol. The first-order chi connectivity index (χ1) is 14.9. The van der Waals surface area contributed by atoms with E-state index in [2.05, 4.69) is 13.8 Å². The maximum Gasteiger partial charge on any atom is 0.310 e. The summed E-state index contributed by atoms with van der Waals surface area (Å²) in [7, 11) is 0. The standard InChI is InChI=1S/C25H21N3O2S/c1-14-10-12-19(13-11-14)30-25-27-22-20-15(2)17(4)31-23(20)26-16(3)21(22)24(29)28(25)18-8-6-5-7-9-18/h5-13H,1-4H3. The van der Waals surface area contributed by atoms with Gasteiger partial charge in [0, 0.05) is 10.3 Å². The molecule has 0 spiro atoms. The van der Waals surface area contributed by atoms with E-state index in [0.717, 1.165) is 21.3 Å². The molecule has 0 saturated carbocycles. The maximum absolute atomic E-state index is 13.8. The van der Waals surface area contributed by atoms with E-state index in [1.54, 1.807) is 11.3 Å². The van der Waals surface area contributed by atoms with Crippen molar-refractivity contribution in [2.75, 3.05) is 0 Å². The molecular formula is C25H21N3O2S. The second-order valence-electron chi connectivity index (χ2n) is 7.67. The zero-order valence-corrected chi connectivity index (χ0v) is 18.6. The Morgan fingerprint density at radius 3 is 2.29 bits per heavy atom. The number of benzene rings is 2. The second-order valence-corrected chi connectivity index (χ2v) is 8.87. The summed E-state index contributed by atoms with van der Waals surface area (Å²) in [6.45, 7) is 8.00. The molecule has 6 heteroatoms. The van der Waals surface area contributed by atoms with Crippen molar-refractivity contribution in [3.05, 3.63) is 86.6 Å². The van der Waals surface area contributed by atoms with Crippen molar-refractivity contribution in [1.82, 2.24) is 14.5 Å². The van der Waals surface area contributed by atoms with E-state index in [1.165, 1.54) is 9.44 Å². The predicted octanol–water partition coefficient (Wildman–Crippen LogP) is 6.02. The molecule has 5 nitrogen and oxygen atoms in total. The quantitative estimate of drug-likeness (QED) is 0.353. The van der Waals surface area contributed by atoms with Crippen LogP contribution in [0.5, 0.6) is 11.8 Å². The van der Waals surface area contributed by atoms with Crippen molar-refractivity contribution < 1.29 is 4.74 Å². The van der Waals surface area contributed by atoms with Crippen LogP contribution in [0.15, 0.2) is 59.4 Å². The van der Waals surface area contributed by atoms with E-state index in [4.69, 9.17) is 14.7 Å². The van der Waals surface area contributed by atoms with Gasteiger partial charge < -0.3 is 4.74 Å². The van der Waals surface area contributed by atoms with Crippen molar-refractivity contribution in [2.24, 2.45) is 0 Å². The van der Waals surface area contributed by atoms with Crippen LogP contribution in [0.3, 0.4) is 0 Å². The van der Waals surface area contributed by atoms with E-state index in [1.807, 2.05) is 68.4 Å². The third kappa shape index (κ3) is 3.20. The SMILES string of the molecule is Cc1ccc(Oc2nc3c(c(C)nc4sc(C)c(C)c43)c(=O)n2-c2ccccc2)cc1. The highest BCUT2D eigenvalue weighted by atomic mass is 32.1. The zero-order valence-electron chi connectivity index (χ0n) is 17.8. The van der Waals surface area contributed by atoms with Crippen LogP contribution in [0.4, 0.5) is 0 Å². The molecular weight excluding hydrogens is 406 g/mol. The summed E-state index contributed by atoms with van der Waals surface area (Å²) in [5.74, 6) is 0.627. The molecule has 5 aromatic rings. The zero-order chi connectivity index (χ0) is 21.7. The Morgan fingerprint density at radius 1 is 0.871 bits per heavy atom. The van der Waals surface area contributed by atoms with Crippen molar-refractivity contribution in [3.8, 4) is 17.4 Å². The fourth-order valence-electron chi connectivity index (χ4n) is 3.77. The summed E-state index contributed by atoms with van der Waals surface area (Å²) in [5, 5.41) is 1.45. The Labute approximate surface area is 183 Å². The second kappa shape index (κ2) is 7.32. The fraction of sp³-hybridized carbons (Fsp3) is 0.160. The lowest BCUT2D eigenvalue weighted by atomic mass is 10.1. The van der Waals surface area contributed by atoms with E-state index >= 15 is 0 Å². The van der Waals surface area contributed by atoms with Gasteiger partial charge in [0.2, 0.25) is 0 Å². The summed E-state index contributed by atoms with van der Waals surface area (Å²) >= 11 is 1.62. The molecule has 0 bridgehead atoms. The molecule has 5 rings (SSSR count). The molecule has 0 fully saturated rings. The number of thiophene rings is 1. The number of hydrogen-bond acceptors (Lipinski definition) is 5. The van der Waals surface area contributed by atoms with Gasteiger partial charge in [-0.3, -0.25) is 4.79 Å². The van der Waals surface area contributed by atoms with Crippen molar-refractivity contribution in [3.63, 3.8) is 0 Å². The van der Waals surface area contributed by atoms with Gasteiger partial charge >= 0.3 is 6.01 Å². The van der Waals surface area contributed by atoms with Crippen LogP contribution in [0.2, 0.25) is 0 Å². The first kappa shape index (κ1) is 19.5. The van der Waals surface area contributed by atoms with Gasteiger partial charge in [0.05, 0.1) is 22.3 Å². The number of fused-ring (bicyclic) bond motifs is 3. The molecule has 0 atom stereocenters. The van der Waals surface area contributed by atoms with Crippen LogP contribution >= 0.6 is 11.3 Å². The minimum Gasteiger partial charge on any atom is -0.425 e. The number of pyridine rings is 1. The third-order valence-electron chi connectivity index (χ3n) is 5.53. The molecule has 3 heterocycles. The van der Waals surface area contributed by atoms with Crippen LogP contribution in [0.25, 0.3) is 26.8 Å². The Kier molecular flexibility index (Phi) is 4.59. The molecule has 0 amide bonds. The first-order valence-corrected chi connectivity index (χ1v) is 10.9. The Hall–Kier alpha value is -3.51. The smallest absolute Gasteiger partial charge is 0.310 e. The largest absolute Gasteiger partial charge is 0.425 e. The van der Waals surface area contributed by atoms with E-state index in [-0.39, 0.29) is 11.6 Å². The number of rotatable bonds is 3. The summed E-state index contributed by atoms with van der Waals surface area (Å²) in [4.78, 5) is 25.5. The highest BCUT2D eigenvalue weighted by molar-refractivity contribution is 7.18. The van der Waals surface area contributed by atoms with E-state index in [9.17, 15) is 4.79 Å². The van der Waals surface area contributed by atoms with Crippen molar-refractivity contribution >= 4 is 32.5 Å². The lowest BCUT2D eigenvalue weighted by Crippen LogP contribution is -2.22. The molecule has 0 N–H and O–H groups in total. The van der Waals surface area contributed by atoms with Gasteiger partial charge in [-0.2, -0.15) is 4.98 Å². The van der Waals surface area contributed by atoms with Gasteiger partial charge in [-0.1, -0.05) is 35.9 Å². The number of ether oxygens (including phenoxy) is 1. The highest BCUT2D eigenvalue weighted by Gasteiger charge is 2.21. The van der Waals surface area contributed by atoms with Gasteiger partial charge in [0.15, 0.2) is 0 Å². The molecule has 0 unspecified atom stereocenters. The summed E-state index contributed by atoms with van der Waals surface area (Å²) in [6, 6.07) is 17.4. The summed E-state index contributed by atoms with van der Waals surface area (Å²) in [5.41, 5.74) is 4.06. The average molecular weight is 428 g/mol. The molecule has 31 heavy (non-hydrogen) atoms. The highest BCUT2D eigenvalue weighted by Crippen LogP contribution is 2.35. The molecule has 0 aliphatic heterocycles. The topological polar surface area (TPSA) is 57.0 Å². The van der Waals surface area contributed by atoms with Gasteiger partial charge in [0.1, 0.15) is 10.6 Å². The number of nitrogens with zero attached hydrogens (tertiary/aromatic N) is 3. The number of hydrogen-bond donors (Lipinski definition) is 0. The Bertz CT molecular complexity index is 1500. The maximum atomic E-state index is 13.8. The molecule has 0 radical (unpaired) electrons.